The molecule has 0 bridgehead atoms. The zero-order chi connectivity index (χ0) is 24.9. The maximum absolute atomic E-state index is 3.87. The summed E-state index contributed by atoms with van der Waals surface area (Å²) in [6.07, 6.45) is 15.8. The van der Waals surface area contributed by atoms with E-state index in [1.807, 2.05) is 34.6 Å². The molecule has 0 heterocycles. The van der Waals surface area contributed by atoms with Crippen molar-refractivity contribution < 1.29 is 0 Å². The van der Waals surface area contributed by atoms with E-state index < -0.39 is 0 Å². The third kappa shape index (κ3) is 16.4. The molecule has 0 spiro atoms. The smallest absolute Gasteiger partial charge is 0.0397 e. The lowest BCUT2D eigenvalue weighted by atomic mass is 9.94. The van der Waals surface area contributed by atoms with Crippen LogP contribution >= 0.6 is 0 Å². The second-order valence-electron chi connectivity index (χ2n) is 8.09. The monoisotopic (exact) mass is 437 g/mol. The summed E-state index contributed by atoms with van der Waals surface area (Å²) < 4.78 is 0. The van der Waals surface area contributed by atoms with Gasteiger partial charge in [0.25, 0.3) is 0 Å². The highest BCUT2D eigenvalue weighted by Crippen LogP contribution is 2.19. The summed E-state index contributed by atoms with van der Waals surface area (Å²) in [5, 5.41) is 3.23. The summed E-state index contributed by atoms with van der Waals surface area (Å²) in [5.41, 5.74) is 7.45. The van der Waals surface area contributed by atoms with Crippen LogP contribution in [0.5, 0.6) is 0 Å². The highest BCUT2D eigenvalue weighted by atomic mass is 14.9. The summed E-state index contributed by atoms with van der Waals surface area (Å²) in [7, 11) is 0. The van der Waals surface area contributed by atoms with Gasteiger partial charge in [-0.2, -0.15) is 0 Å². The minimum absolute atomic E-state index is 0.847. The van der Waals surface area contributed by atoms with E-state index in [1.165, 1.54) is 47.9 Å². The Kier molecular flexibility index (Phi) is 20.6. The van der Waals surface area contributed by atoms with E-state index in [9.17, 15) is 0 Å². The fourth-order valence-electron chi connectivity index (χ4n) is 3.05. The molecule has 1 heteroatoms. The Bertz CT molecular complexity index is 727. The molecule has 1 N–H and O–H groups in total. The van der Waals surface area contributed by atoms with Crippen molar-refractivity contribution >= 4 is 6.08 Å². The van der Waals surface area contributed by atoms with Gasteiger partial charge in [-0.05, 0) is 76.1 Å². The molecule has 0 saturated carbocycles. The van der Waals surface area contributed by atoms with Gasteiger partial charge < -0.3 is 5.32 Å². The van der Waals surface area contributed by atoms with Crippen LogP contribution in [0.1, 0.15) is 97.8 Å². The Morgan fingerprint density at radius 2 is 1.66 bits per heavy atom. The summed E-state index contributed by atoms with van der Waals surface area (Å²) in [6.45, 7) is 27.4. The molecule has 0 amide bonds. The maximum Gasteiger partial charge on any atom is 0.0397 e. The topological polar surface area (TPSA) is 12.0 Å². The molecule has 1 rings (SSSR count). The maximum atomic E-state index is 3.87. The first-order chi connectivity index (χ1) is 15.3. The first-order valence-electron chi connectivity index (χ1n) is 12.4. The molecule has 0 aromatic heterocycles. The first-order valence-corrected chi connectivity index (χ1v) is 12.4. The SMILES string of the molecule is C=C(C)/C=C\C(=C/C)CCC(CC)CC.C=C(C)NCc1ccc(C)c(/C=C\C)c1.CC. The van der Waals surface area contributed by atoms with Gasteiger partial charge in [-0.25, -0.2) is 0 Å². The van der Waals surface area contributed by atoms with Crippen molar-refractivity contribution in [1.82, 2.24) is 5.32 Å². The van der Waals surface area contributed by atoms with Crippen LogP contribution < -0.4 is 5.32 Å². The molecule has 1 aromatic rings. The van der Waals surface area contributed by atoms with Crippen LogP contribution in [0.25, 0.3) is 6.08 Å². The van der Waals surface area contributed by atoms with Crippen LogP contribution in [0, 0.1) is 12.8 Å². The molecule has 180 valence electrons. The number of hydrogen-bond acceptors (Lipinski definition) is 1. The third-order valence-electron chi connectivity index (χ3n) is 5.23. The van der Waals surface area contributed by atoms with Crippen molar-refractivity contribution in [3.05, 3.63) is 89.2 Å². The highest BCUT2D eigenvalue weighted by molar-refractivity contribution is 5.54. The number of nitrogens with one attached hydrogen (secondary N) is 1. The number of allylic oxidation sites excluding steroid dienone is 7. The molecular weight excluding hydrogens is 386 g/mol. The zero-order valence-corrected chi connectivity index (χ0v) is 22.6. The van der Waals surface area contributed by atoms with Gasteiger partial charge in [0.05, 0.1) is 0 Å². The fourth-order valence-corrected chi connectivity index (χ4v) is 3.05. The van der Waals surface area contributed by atoms with Crippen LogP contribution in [0.3, 0.4) is 0 Å². The average molecular weight is 438 g/mol. The second kappa shape index (κ2) is 20.6. The number of rotatable bonds is 11. The van der Waals surface area contributed by atoms with Crippen molar-refractivity contribution in [1.29, 1.82) is 0 Å². The van der Waals surface area contributed by atoms with Crippen molar-refractivity contribution in [2.24, 2.45) is 5.92 Å². The molecule has 0 atom stereocenters. The van der Waals surface area contributed by atoms with E-state index in [1.54, 1.807) is 0 Å². The molecule has 32 heavy (non-hydrogen) atoms. The van der Waals surface area contributed by atoms with E-state index in [0.29, 0.717) is 0 Å². The van der Waals surface area contributed by atoms with Crippen LogP contribution in [0.2, 0.25) is 0 Å². The van der Waals surface area contributed by atoms with Crippen molar-refractivity contribution in [3.8, 4) is 0 Å². The second-order valence-corrected chi connectivity index (χ2v) is 8.09. The van der Waals surface area contributed by atoms with Crippen molar-refractivity contribution in [2.45, 2.75) is 94.5 Å². The van der Waals surface area contributed by atoms with Gasteiger partial charge in [-0.3, -0.25) is 0 Å². The molecule has 0 saturated heterocycles. The highest BCUT2D eigenvalue weighted by Gasteiger charge is 2.03. The van der Waals surface area contributed by atoms with Crippen LogP contribution in [-0.4, -0.2) is 0 Å². The van der Waals surface area contributed by atoms with E-state index in [2.05, 4.69) is 94.7 Å². The minimum atomic E-state index is 0.847. The van der Waals surface area contributed by atoms with Gasteiger partial charge >= 0.3 is 0 Å². The molecule has 0 aliphatic carbocycles. The molecule has 0 unspecified atom stereocenters. The quantitative estimate of drug-likeness (QED) is 0.339. The van der Waals surface area contributed by atoms with Gasteiger partial charge in [0, 0.05) is 12.2 Å². The fraction of sp³-hybridized carbons (Fsp3) is 0.484. The molecule has 0 aliphatic heterocycles. The summed E-state index contributed by atoms with van der Waals surface area (Å²) in [5.74, 6) is 0.887. The van der Waals surface area contributed by atoms with Crippen LogP contribution in [0.15, 0.2) is 72.5 Å². The van der Waals surface area contributed by atoms with Gasteiger partial charge in [0.2, 0.25) is 0 Å². The average Bonchev–Trinajstić information content (AvgIpc) is 2.78. The standard InChI is InChI=1S/C15H26.C14H19N.C2H6/c1-6-14(7-2)11-12-15(8-3)10-9-13(4)5;1-5-6-14-9-13(8-7-12(14)4)10-15-11(2)3;1-2/h8-10,14H,4,6-7,11-12H2,1-3,5H3;5-9,15H,2,10H2,1,3-4H3;1-2H3/b10-9-,15-8+;6-5-;. The van der Waals surface area contributed by atoms with Crippen LogP contribution in [-0.2, 0) is 6.54 Å². The van der Waals surface area contributed by atoms with Gasteiger partial charge in [0.15, 0.2) is 0 Å². The number of benzene rings is 1. The lowest BCUT2D eigenvalue weighted by molar-refractivity contribution is 0.457. The lowest BCUT2D eigenvalue weighted by Gasteiger charge is -2.11. The van der Waals surface area contributed by atoms with Crippen molar-refractivity contribution in [3.63, 3.8) is 0 Å². The summed E-state index contributed by atoms with van der Waals surface area (Å²) in [6, 6.07) is 6.52. The molecule has 0 fully saturated rings. The molecule has 1 nitrogen and oxygen atoms in total. The predicted molar refractivity (Wildman–Crippen MR) is 150 cm³/mol. The Hall–Kier alpha value is -2.28. The van der Waals surface area contributed by atoms with Gasteiger partial charge in [0.1, 0.15) is 0 Å². The van der Waals surface area contributed by atoms with Crippen LogP contribution in [0.4, 0.5) is 0 Å². The van der Waals surface area contributed by atoms with Gasteiger partial charge in [-0.1, -0.05) is 107 Å². The molecule has 0 aliphatic rings. The Balaban J connectivity index is 0. The van der Waals surface area contributed by atoms with E-state index in [0.717, 1.165) is 23.7 Å². The first kappa shape index (κ1) is 31.9. The summed E-state index contributed by atoms with van der Waals surface area (Å²) in [4.78, 5) is 0. The largest absolute Gasteiger partial charge is 0.385 e. The number of hydrogen-bond donors (Lipinski definition) is 1. The van der Waals surface area contributed by atoms with E-state index in [4.69, 9.17) is 0 Å². The predicted octanol–water partition coefficient (Wildman–Crippen LogP) is 9.96. The third-order valence-corrected chi connectivity index (χ3v) is 5.23. The Morgan fingerprint density at radius 1 is 1.03 bits per heavy atom. The van der Waals surface area contributed by atoms with Crippen molar-refractivity contribution in [2.75, 3.05) is 0 Å². The number of aryl methyl sites for hydroxylation is 1. The Morgan fingerprint density at radius 3 is 2.12 bits per heavy atom. The molecular formula is C31H51N. The normalized spacial score (nSPS) is 11.1. The summed E-state index contributed by atoms with van der Waals surface area (Å²) >= 11 is 0. The molecule has 0 radical (unpaired) electrons. The van der Waals surface area contributed by atoms with Gasteiger partial charge in [-0.15, -0.1) is 0 Å². The zero-order valence-electron chi connectivity index (χ0n) is 22.6. The minimum Gasteiger partial charge on any atom is -0.385 e. The van der Waals surface area contributed by atoms with E-state index in [-0.39, 0.29) is 0 Å². The Labute approximate surface area is 201 Å². The molecule has 1 aromatic carbocycles. The van der Waals surface area contributed by atoms with E-state index >= 15 is 0 Å². The lowest BCUT2D eigenvalue weighted by Crippen LogP contribution is -2.09.